The first kappa shape index (κ1) is 18.8. The van der Waals surface area contributed by atoms with E-state index < -0.39 is 11.6 Å². The van der Waals surface area contributed by atoms with Gasteiger partial charge in [-0.2, -0.15) is 15.4 Å². The minimum Gasteiger partial charge on any atom is -0.356 e. The first-order valence-electron chi connectivity index (χ1n) is 10.3. The SMILES string of the molecule is Fc1ccc(CNc2nccc(-c3ncc(N4CC5C(C4)C5c4cn[nH]n4)[nH]3)n2)cc1F. The highest BCUT2D eigenvalue weighted by molar-refractivity contribution is 5.56. The lowest BCUT2D eigenvalue weighted by atomic mass is 10.2. The zero-order chi connectivity index (χ0) is 21.7. The molecule has 2 aliphatic rings. The number of rotatable bonds is 6. The van der Waals surface area contributed by atoms with Gasteiger partial charge in [-0.3, -0.25) is 0 Å². The summed E-state index contributed by atoms with van der Waals surface area (Å²) in [5.74, 6) is 1.92. The Kier molecular flexibility index (Phi) is 4.33. The third-order valence-corrected chi connectivity index (χ3v) is 6.21. The van der Waals surface area contributed by atoms with E-state index >= 15 is 0 Å². The molecule has 0 bridgehead atoms. The Morgan fingerprint density at radius 1 is 1.06 bits per heavy atom. The Morgan fingerprint density at radius 3 is 2.72 bits per heavy atom. The number of hydrogen-bond acceptors (Lipinski definition) is 7. The number of hydrogen-bond donors (Lipinski definition) is 3. The lowest BCUT2D eigenvalue weighted by Gasteiger charge is -2.19. The lowest BCUT2D eigenvalue weighted by Crippen LogP contribution is -2.23. The zero-order valence-electron chi connectivity index (χ0n) is 16.8. The van der Waals surface area contributed by atoms with E-state index in [9.17, 15) is 8.78 Å². The summed E-state index contributed by atoms with van der Waals surface area (Å²) >= 11 is 0. The van der Waals surface area contributed by atoms with Crippen LogP contribution in [0.25, 0.3) is 11.5 Å². The van der Waals surface area contributed by atoms with Crippen molar-refractivity contribution in [3.63, 3.8) is 0 Å². The summed E-state index contributed by atoms with van der Waals surface area (Å²) in [4.78, 5) is 18.8. The summed E-state index contributed by atoms with van der Waals surface area (Å²) in [6.07, 6.45) is 5.27. The number of benzene rings is 1. The number of nitrogens with zero attached hydrogens (tertiary/aromatic N) is 6. The average molecular weight is 435 g/mol. The van der Waals surface area contributed by atoms with Crippen LogP contribution in [0.4, 0.5) is 20.5 Å². The first-order chi connectivity index (χ1) is 15.7. The van der Waals surface area contributed by atoms with Crippen LogP contribution in [-0.2, 0) is 6.54 Å². The molecule has 4 aromatic rings. The van der Waals surface area contributed by atoms with E-state index in [1.54, 1.807) is 12.3 Å². The summed E-state index contributed by atoms with van der Waals surface area (Å²) in [7, 11) is 0. The Hall–Kier alpha value is -3.89. The maximum atomic E-state index is 13.4. The van der Waals surface area contributed by atoms with Gasteiger partial charge >= 0.3 is 0 Å². The van der Waals surface area contributed by atoms with Gasteiger partial charge in [0, 0.05) is 31.7 Å². The third kappa shape index (κ3) is 3.35. The number of nitrogens with one attached hydrogen (secondary N) is 3. The van der Waals surface area contributed by atoms with Crippen molar-refractivity contribution in [3.8, 4) is 11.5 Å². The number of anilines is 2. The maximum Gasteiger partial charge on any atom is 0.223 e. The Labute approximate surface area is 181 Å². The van der Waals surface area contributed by atoms with Crippen LogP contribution in [-0.4, -0.2) is 48.4 Å². The quantitative estimate of drug-likeness (QED) is 0.427. The molecule has 1 saturated carbocycles. The first-order valence-corrected chi connectivity index (χ1v) is 10.3. The predicted octanol–water partition coefficient (Wildman–Crippen LogP) is 2.72. The lowest BCUT2D eigenvalue weighted by molar-refractivity contribution is 0.507. The molecule has 1 saturated heterocycles. The Morgan fingerprint density at radius 2 is 1.94 bits per heavy atom. The topological polar surface area (TPSA) is 111 Å². The highest BCUT2D eigenvalue weighted by Gasteiger charge is 2.57. The minimum atomic E-state index is -0.881. The zero-order valence-corrected chi connectivity index (χ0v) is 16.8. The summed E-state index contributed by atoms with van der Waals surface area (Å²) in [6.45, 7) is 2.18. The summed E-state index contributed by atoms with van der Waals surface area (Å²) in [5.41, 5.74) is 2.29. The summed E-state index contributed by atoms with van der Waals surface area (Å²) in [5, 5.41) is 13.9. The van der Waals surface area contributed by atoms with E-state index in [0.29, 0.717) is 40.8 Å². The number of fused-ring (bicyclic) bond motifs is 1. The molecule has 32 heavy (non-hydrogen) atoms. The fourth-order valence-corrected chi connectivity index (χ4v) is 4.54. The largest absolute Gasteiger partial charge is 0.356 e. The second-order valence-corrected chi connectivity index (χ2v) is 8.14. The molecule has 4 heterocycles. The van der Waals surface area contributed by atoms with Gasteiger partial charge in [0.05, 0.1) is 18.1 Å². The van der Waals surface area contributed by atoms with Gasteiger partial charge in [-0.15, -0.1) is 0 Å². The van der Waals surface area contributed by atoms with Crippen LogP contribution >= 0.6 is 0 Å². The van der Waals surface area contributed by atoms with Crippen molar-refractivity contribution in [2.24, 2.45) is 11.8 Å². The normalized spacial score (nSPS) is 21.6. The van der Waals surface area contributed by atoms with Crippen molar-refractivity contribution in [2.75, 3.05) is 23.3 Å². The molecule has 2 atom stereocenters. The molecular formula is C21H19F2N9. The molecule has 162 valence electrons. The molecule has 1 aliphatic heterocycles. The number of halogens is 2. The molecule has 1 aliphatic carbocycles. The van der Waals surface area contributed by atoms with E-state index in [0.717, 1.165) is 36.7 Å². The number of imidazole rings is 1. The Bertz CT molecular complexity index is 1240. The van der Waals surface area contributed by atoms with Crippen LogP contribution in [0.1, 0.15) is 17.2 Å². The summed E-state index contributed by atoms with van der Waals surface area (Å²) < 4.78 is 26.5. The van der Waals surface area contributed by atoms with E-state index in [1.165, 1.54) is 6.07 Å². The second kappa shape index (κ2) is 7.36. The molecule has 2 fully saturated rings. The standard InChI is InChI=1S/C21H19F2N9/c22-14-2-1-11(5-15(14)23)6-26-21-24-4-3-16(28-21)20-25-8-18(29-20)32-9-12-13(10-32)19(12)17-7-27-31-30-17/h1-5,7-8,12-13,19H,6,9-10H2,(H,25,29)(H,24,26,28)(H,27,30,31). The van der Waals surface area contributed by atoms with Crippen LogP contribution < -0.4 is 10.2 Å². The molecule has 0 amide bonds. The Balaban J connectivity index is 1.11. The van der Waals surface area contributed by atoms with Crippen molar-refractivity contribution < 1.29 is 8.78 Å². The third-order valence-electron chi connectivity index (χ3n) is 6.21. The van der Waals surface area contributed by atoms with Crippen LogP contribution in [0.3, 0.4) is 0 Å². The van der Waals surface area contributed by atoms with Crippen LogP contribution in [0, 0.1) is 23.5 Å². The van der Waals surface area contributed by atoms with E-state index in [4.69, 9.17) is 0 Å². The molecule has 9 nitrogen and oxygen atoms in total. The average Bonchev–Trinajstić information content (AvgIpc) is 3.35. The molecule has 0 radical (unpaired) electrons. The van der Waals surface area contributed by atoms with Crippen LogP contribution in [0.5, 0.6) is 0 Å². The highest BCUT2D eigenvalue weighted by atomic mass is 19.2. The van der Waals surface area contributed by atoms with E-state index in [-0.39, 0.29) is 6.54 Å². The number of H-pyrrole nitrogens is 2. The van der Waals surface area contributed by atoms with E-state index in [2.05, 4.69) is 45.6 Å². The fourth-order valence-electron chi connectivity index (χ4n) is 4.54. The maximum absolute atomic E-state index is 13.4. The number of piperidine rings is 1. The van der Waals surface area contributed by atoms with Gasteiger partial charge in [-0.25, -0.2) is 23.7 Å². The molecule has 11 heteroatoms. The van der Waals surface area contributed by atoms with Crippen LogP contribution in [0.15, 0.2) is 42.9 Å². The monoisotopic (exact) mass is 435 g/mol. The van der Waals surface area contributed by atoms with Gasteiger partial charge in [-0.05, 0) is 35.6 Å². The minimum absolute atomic E-state index is 0.271. The van der Waals surface area contributed by atoms with Crippen molar-refractivity contribution in [1.82, 2.24) is 35.3 Å². The molecule has 3 N–H and O–H groups in total. The molecule has 0 spiro atoms. The van der Waals surface area contributed by atoms with E-state index in [1.807, 2.05) is 12.4 Å². The smallest absolute Gasteiger partial charge is 0.223 e. The second-order valence-electron chi connectivity index (χ2n) is 8.14. The van der Waals surface area contributed by atoms with Gasteiger partial charge in [0.15, 0.2) is 17.5 Å². The van der Waals surface area contributed by atoms with Gasteiger partial charge in [0.2, 0.25) is 5.95 Å². The highest BCUT2D eigenvalue weighted by Crippen LogP contribution is 2.57. The molecule has 6 rings (SSSR count). The fraction of sp³-hybridized carbons (Fsp3) is 0.286. The van der Waals surface area contributed by atoms with Crippen molar-refractivity contribution >= 4 is 11.8 Å². The predicted molar refractivity (Wildman–Crippen MR) is 112 cm³/mol. The van der Waals surface area contributed by atoms with Gasteiger partial charge < -0.3 is 15.2 Å². The number of aromatic nitrogens is 7. The van der Waals surface area contributed by atoms with Gasteiger partial charge in [0.25, 0.3) is 0 Å². The van der Waals surface area contributed by atoms with Crippen LogP contribution in [0.2, 0.25) is 0 Å². The molecule has 2 unspecified atom stereocenters. The molecule has 1 aromatic carbocycles. The van der Waals surface area contributed by atoms with Crippen molar-refractivity contribution in [2.45, 2.75) is 12.5 Å². The summed E-state index contributed by atoms with van der Waals surface area (Å²) in [6, 6.07) is 5.54. The number of aromatic amines is 2. The molecular weight excluding hydrogens is 416 g/mol. The van der Waals surface area contributed by atoms with Gasteiger partial charge in [0.1, 0.15) is 11.5 Å². The van der Waals surface area contributed by atoms with Crippen molar-refractivity contribution in [3.05, 3.63) is 65.7 Å². The molecule has 3 aromatic heterocycles. The van der Waals surface area contributed by atoms with Gasteiger partial charge in [-0.1, -0.05) is 6.07 Å². The van der Waals surface area contributed by atoms with Crippen molar-refractivity contribution in [1.29, 1.82) is 0 Å².